The summed E-state index contributed by atoms with van der Waals surface area (Å²) in [7, 11) is 0. The number of Topliss-reactive ketones (excluding diaryl/α,β-unsaturated/α-hetero) is 1. The number of amides is 1. The van der Waals surface area contributed by atoms with Crippen molar-refractivity contribution in [2.45, 2.75) is 19.0 Å². The standard InChI is InChI=1S/C35H23ClF3N3O4/c36-31-14-7-22(17-30(31)35(37,38)39)16-28(43)15-21-5-8-23(9-6-21)33(44)41-26-10-12-27(13-11-26)42-20-25(18-24(19-40)34(45)46)29-3-1-2-4-32(29)42/h1-14,17-18,20H,15-16H2,(H,41,44)(H,45,46)/b24-18+. The summed E-state index contributed by atoms with van der Waals surface area (Å²) in [4.78, 5) is 36.8. The number of nitrogens with zero attached hydrogens (tertiary/aromatic N) is 2. The Morgan fingerprint density at radius 3 is 2.22 bits per heavy atom. The summed E-state index contributed by atoms with van der Waals surface area (Å²) in [6, 6.07) is 25.8. The van der Waals surface area contributed by atoms with Crippen molar-refractivity contribution in [3.63, 3.8) is 0 Å². The smallest absolute Gasteiger partial charge is 0.417 e. The lowest BCUT2D eigenvalue weighted by Gasteiger charge is -2.11. The van der Waals surface area contributed by atoms with Crippen LogP contribution < -0.4 is 5.32 Å². The Balaban J connectivity index is 1.24. The molecule has 0 bridgehead atoms. The summed E-state index contributed by atoms with van der Waals surface area (Å²) in [5, 5.41) is 21.6. The average molecular weight is 642 g/mol. The summed E-state index contributed by atoms with van der Waals surface area (Å²) in [6.07, 6.45) is -1.78. The van der Waals surface area contributed by atoms with Crippen LogP contribution in [0.1, 0.15) is 32.6 Å². The fourth-order valence-corrected chi connectivity index (χ4v) is 5.16. The molecule has 0 radical (unpaired) electrons. The number of para-hydroxylation sites is 1. The summed E-state index contributed by atoms with van der Waals surface area (Å²) in [5.41, 5.74) is 2.40. The number of alkyl halides is 3. The third-order valence-electron chi connectivity index (χ3n) is 7.15. The Labute approximate surface area is 265 Å². The first-order valence-corrected chi connectivity index (χ1v) is 14.1. The molecule has 0 aliphatic rings. The van der Waals surface area contributed by atoms with Crippen molar-refractivity contribution in [1.29, 1.82) is 5.26 Å². The topological polar surface area (TPSA) is 112 Å². The molecule has 0 atom stereocenters. The fraction of sp³-hybridized carbons (Fsp3) is 0.0857. The van der Waals surface area contributed by atoms with Gasteiger partial charge in [-0.2, -0.15) is 18.4 Å². The Morgan fingerprint density at radius 1 is 0.913 bits per heavy atom. The number of hydrogen-bond acceptors (Lipinski definition) is 4. The number of ketones is 1. The summed E-state index contributed by atoms with van der Waals surface area (Å²) in [5.74, 6) is -2.00. The molecule has 1 amide bonds. The van der Waals surface area contributed by atoms with E-state index in [1.54, 1.807) is 60.8 Å². The number of benzene rings is 4. The van der Waals surface area contributed by atoms with E-state index in [2.05, 4.69) is 5.32 Å². The van der Waals surface area contributed by atoms with Gasteiger partial charge < -0.3 is 15.0 Å². The maximum atomic E-state index is 13.1. The van der Waals surface area contributed by atoms with Gasteiger partial charge in [0.1, 0.15) is 17.4 Å². The molecule has 46 heavy (non-hydrogen) atoms. The van der Waals surface area contributed by atoms with Gasteiger partial charge in [-0.1, -0.05) is 48.0 Å². The molecule has 0 spiro atoms. The molecule has 2 N–H and O–H groups in total. The lowest BCUT2D eigenvalue weighted by atomic mass is 10.0. The molecule has 11 heteroatoms. The molecule has 1 heterocycles. The molecule has 0 saturated heterocycles. The van der Waals surface area contributed by atoms with Crippen LogP contribution in [0.4, 0.5) is 18.9 Å². The lowest BCUT2D eigenvalue weighted by Crippen LogP contribution is -2.12. The molecule has 4 aromatic carbocycles. The third kappa shape index (κ3) is 7.17. The largest absolute Gasteiger partial charge is 0.477 e. The Morgan fingerprint density at radius 2 is 1.57 bits per heavy atom. The predicted molar refractivity (Wildman–Crippen MR) is 168 cm³/mol. The van der Waals surface area contributed by atoms with Crippen LogP contribution in [0.25, 0.3) is 22.7 Å². The van der Waals surface area contributed by atoms with E-state index in [0.717, 1.165) is 28.7 Å². The molecule has 5 rings (SSSR count). The zero-order chi connectivity index (χ0) is 33.0. The monoisotopic (exact) mass is 641 g/mol. The number of carbonyl (C=O) groups excluding carboxylic acids is 2. The number of anilines is 1. The minimum atomic E-state index is -4.62. The first kappa shape index (κ1) is 31.8. The van der Waals surface area contributed by atoms with E-state index in [4.69, 9.17) is 11.6 Å². The van der Waals surface area contributed by atoms with Crippen LogP contribution in [0.3, 0.4) is 0 Å². The number of fused-ring (bicyclic) bond motifs is 1. The van der Waals surface area contributed by atoms with Crippen molar-refractivity contribution in [3.8, 4) is 11.8 Å². The predicted octanol–water partition coefficient (Wildman–Crippen LogP) is 7.90. The van der Waals surface area contributed by atoms with E-state index in [9.17, 15) is 37.9 Å². The zero-order valence-electron chi connectivity index (χ0n) is 23.8. The highest BCUT2D eigenvalue weighted by atomic mass is 35.5. The highest BCUT2D eigenvalue weighted by Crippen LogP contribution is 2.35. The van der Waals surface area contributed by atoms with Gasteiger partial charge in [-0.3, -0.25) is 9.59 Å². The number of aromatic nitrogens is 1. The number of carbonyl (C=O) groups is 3. The van der Waals surface area contributed by atoms with Gasteiger partial charge in [0.05, 0.1) is 16.1 Å². The number of aliphatic carboxylic acids is 1. The summed E-state index contributed by atoms with van der Waals surface area (Å²) >= 11 is 5.65. The van der Waals surface area contributed by atoms with Crippen molar-refractivity contribution < 1.29 is 32.7 Å². The minimum Gasteiger partial charge on any atom is -0.477 e. The highest BCUT2D eigenvalue weighted by Gasteiger charge is 2.33. The first-order valence-electron chi connectivity index (χ1n) is 13.8. The minimum absolute atomic E-state index is 0.0208. The van der Waals surface area contributed by atoms with Gasteiger partial charge >= 0.3 is 12.1 Å². The molecule has 0 unspecified atom stereocenters. The van der Waals surface area contributed by atoms with Crippen LogP contribution in [0.5, 0.6) is 0 Å². The van der Waals surface area contributed by atoms with Crippen LogP contribution in [0.2, 0.25) is 5.02 Å². The molecule has 5 aromatic rings. The van der Waals surface area contributed by atoms with E-state index in [-0.39, 0.29) is 35.7 Å². The van der Waals surface area contributed by atoms with E-state index >= 15 is 0 Å². The van der Waals surface area contributed by atoms with Gasteiger partial charge in [0.15, 0.2) is 0 Å². The second kappa shape index (κ2) is 13.1. The Kier molecular flexibility index (Phi) is 9.07. The second-order valence-corrected chi connectivity index (χ2v) is 10.8. The number of rotatable bonds is 9. The number of nitriles is 1. The van der Waals surface area contributed by atoms with Gasteiger partial charge in [0, 0.05) is 46.9 Å². The quantitative estimate of drug-likeness (QED) is 0.126. The molecule has 0 fully saturated rings. The van der Waals surface area contributed by atoms with Crippen LogP contribution >= 0.6 is 11.6 Å². The van der Waals surface area contributed by atoms with Gasteiger partial charge in [0.2, 0.25) is 0 Å². The normalized spacial score (nSPS) is 11.7. The van der Waals surface area contributed by atoms with Crippen LogP contribution in [0, 0.1) is 11.3 Å². The van der Waals surface area contributed by atoms with E-state index in [1.165, 1.54) is 12.1 Å². The number of hydrogen-bond donors (Lipinski definition) is 2. The molecule has 1 aromatic heterocycles. The average Bonchev–Trinajstić information content (AvgIpc) is 3.39. The van der Waals surface area contributed by atoms with Gasteiger partial charge in [-0.05, 0) is 71.8 Å². The zero-order valence-corrected chi connectivity index (χ0v) is 24.6. The van der Waals surface area contributed by atoms with E-state index in [1.807, 2.05) is 28.8 Å². The Hall–Kier alpha value is -5.66. The number of carboxylic acids is 1. The van der Waals surface area contributed by atoms with Crippen LogP contribution in [0.15, 0.2) is 103 Å². The molecule has 0 aliphatic heterocycles. The maximum absolute atomic E-state index is 13.1. The lowest BCUT2D eigenvalue weighted by molar-refractivity contribution is -0.137. The van der Waals surface area contributed by atoms with Crippen molar-refractivity contribution in [2.24, 2.45) is 0 Å². The van der Waals surface area contributed by atoms with E-state index in [0.29, 0.717) is 22.4 Å². The Bertz CT molecular complexity index is 2040. The SMILES string of the molecule is N#C/C(=C\c1cn(-c2ccc(NC(=O)c3ccc(CC(=O)Cc4ccc(Cl)c(C(F)(F)F)c4)cc3)cc2)c2ccccc12)C(=O)O. The molecular weight excluding hydrogens is 619 g/mol. The number of nitrogens with one attached hydrogen (secondary N) is 1. The van der Waals surface area contributed by atoms with Crippen molar-refractivity contribution in [2.75, 3.05) is 5.32 Å². The first-order chi connectivity index (χ1) is 21.9. The third-order valence-corrected chi connectivity index (χ3v) is 7.48. The van der Waals surface area contributed by atoms with E-state index < -0.39 is 22.7 Å². The molecule has 230 valence electrons. The van der Waals surface area contributed by atoms with Crippen LogP contribution in [-0.2, 0) is 28.6 Å². The maximum Gasteiger partial charge on any atom is 0.417 e. The summed E-state index contributed by atoms with van der Waals surface area (Å²) in [6.45, 7) is 0. The van der Waals surface area contributed by atoms with Crippen molar-refractivity contribution in [3.05, 3.63) is 136 Å². The number of carboxylic acid groups (broad SMARTS) is 1. The van der Waals surface area contributed by atoms with Gasteiger partial charge in [-0.15, -0.1) is 0 Å². The van der Waals surface area contributed by atoms with Crippen LogP contribution in [-0.4, -0.2) is 27.3 Å². The highest BCUT2D eigenvalue weighted by molar-refractivity contribution is 6.31. The second-order valence-electron chi connectivity index (χ2n) is 10.3. The molecule has 0 aliphatic carbocycles. The van der Waals surface area contributed by atoms with Gasteiger partial charge in [-0.25, -0.2) is 4.79 Å². The molecular formula is C35H23ClF3N3O4. The summed E-state index contributed by atoms with van der Waals surface area (Å²) < 4.78 is 41.2. The number of halogens is 4. The van der Waals surface area contributed by atoms with Gasteiger partial charge in [0.25, 0.3) is 5.91 Å². The molecule has 7 nitrogen and oxygen atoms in total. The molecule has 0 saturated carbocycles. The van der Waals surface area contributed by atoms with Crippen molar-refractivity contribution in [1.82, 2.24) is 4.57 Å². The van der Waals surface area contributed by atoms with Crippen molar-refractivity contribution >= 4 is 51.9 Å². The fourth-order valence-electron chi connectivity index (χ4n) is 4.93.